The molecule has 0 radical (unpaired) electrons. The van der Waals surface area contributed by atoms with Crippen molar-refractivity contribution in [3.8, 4) is 6.07 Å². The Hall–Kier alpha value is -1.82. The Labute approximate surface area is 107 Å². The van der Waals surface area contributed by atoms with Gasteiger partial charge >= 0.3 is 0 Å². The van der Waals surface area contributed by atoms with E-state index in [4.69, 9.17) is 5.26 Å². The molecule has 3 nitrogen and oxygen atoms in total. The van der Waals surface area contributed by atoms with Crippen LogP contribution in [-0.4, -0.2) is 5.91 Å². The molecule has 92 valence electrons. The molecule has 0 spiro atoms. The largest absolute Gasteiger partial charge is 0.326 e. The van der Waals surface area contributed by atoms with Crippen LogP contribution in [0.3, 0.4) is 0 Å². The van der Waals surface area contributed by atoms with E-state index in [-0.39, 0.29) is 11.8 Å². The van der Waals surface area contributed by atoms with Crippen molar-refractivity contribution in [3.63, 3.8) is 0 Å². The van der Waals surface area contributed by atoms with Crippen molar-refractivity contribution in [2.75, 3.05) is 5.32 Å². The van der Waals surface area contributed by atoms with Gasteiger partial charge in [0.25, 0.3) is 0 Å². The van der Waals surface area contributed by atoms with E-state index in [1.165, 1.54) is 19.3 Å². The lowest BCUT2D eigenvalue weighted by molar-refractivity contribution is -0.121. The van der Waals surface area contributed by atoms with Crippen LogP contribution in [0.25, 0.3) is 0 Å². The molecule has 3 atom stereocenters. The van der Waals surface area contributed by atoms with E-state index in [9.17, 15) is 4.79 Å². The van der Waals surface area contributed by atoms with Gasteiger partial charge in [-0.05, 0) is 55.4 Å². The first-order valence-corrected chi connectivity index (χ1v) is 6.57. The molecule has 1 aromatic carbocycles. The Bertz CT molecular complexity index is 500. The highest BCUT2D eigenvalue weighted by molar-refractivity contribution is 5.93. The molecule has 0 aliphatic heterocycles. The van der Waals surface area contributed by atoms with Gasteiger partial charge in [0.2, 0.25) is 5.91 Å². The maximum Gasteiger partial charge on any atom is 0.227 e. The summed E-state index contributed by atoms with van der Waals surface area (Å²) in [6, 6.07) is 9.13. The lowest BCUT2D eigenvalue weighted by Crippen LogP contribution is -2.27. The summed E-state index contributed by atoms with van der Waals surface area (Å²) in [5.74, 6) is 1.76. The smallest absolute Gasteiger partial charge is 0.227 e. The van der Waals surface area contributed by atoms with E-state index in [2.05, 4.69) is 11.4 Å². The van der Waals surface area contributed by atoms with Gasteiger partial charge in [-0.2, -0.15) is 5.26 Å². The van der Waals surface area contributed by atoms with E-state index >= 15 is 0 Å². The van der Waals surface area contributed by atoms with Crippen LogP contribution in [0.15, 0.2) is 24.3 Å². The number of amides is 1. The van der Waals surface area contributed by atoms with Gasteiger partial charge in [0.1, 0.15) is 0 Å². The first-order valence-electron chi connectivity index (χ1n) is 6.57. The number of nitrogens with one attached hydrogen (secondary N) is 1. The fraction of sp³-hybridized carbons (Fsp3) is 0.467. The highest BCUT2D eigenvalue weighted by Crippen LogP contribution is 2.48. The second-order valence-electron chi connectivity index (χ2n) is 5.46. The van der Waals surface area contributed by atoms with Crippen molar-refractivity contribution in [2.24, 2.45) is 17.8 Å². The number of benzene rings is 1. The normalized spacial score (nSPS) is 28.9. The number of fused-ring (bicyclic) bond motifs is 2. The standard InChI is InChI=1S/C15H16N2O/c16-9-10-2-5-13(6-3-10)17-15(18)14-8-11-1-4-12(14)7-11/h2-3,5-6,11-12,14H,1,4,7-8H2,(H,17,18). The van der Waals surface area contributed by atoms with Crippen molar-refractivity contribution >= 4 is 11.6 Å². The van der Waals surface area contributed by atoms with Gasteiger partial charge in [-0.1, -0.05) is 6.42 Å². The molecule has 2 saturated carbocycles. The van der Waals surface area contributed by atoms with E-state index in [1.54, 1.807) is 24.3 Å². The number of rotatable bonds is 2. The number of anilines is 1. The topological polar surface area (TPSA) is 52.9 Å². The van der Waals surface area contributed by atoms with Crippen molar-refractivity contribution < 1.29 is 4.79 Å². The van der Waals surface area contributed by atoms with Gasteiger partial charge in [0.05, 0.1) is 11.6 Å². The minimum Gasteiger partial charge on any atom is -0.326 e. The van der Waals surface area contributed by atoms with E-state index in [0.717, 1.165) is 18.0 Å². The molecule has 0 aromatic heterocycles. The summed E-state index contributed by atoms with van der Waals surface area (Å²) in [4.78, 5) is 12.2. The SMILES string of the molecule is N#Cc1ccc(NC(=O)C2CC3CCC2C3)cc1. The van der Waals surface area contributed by atoms with Crippen LogP contribution in [0.4, 0.5) is 5.69 Å². The van der Waals surface area contributed by atoms with E-state index in [1.807, 2.05) is 0 Å². The molecule has 2 bridgehead atoms. The number of hydrogen-bond donors (Lipinski definition) is 1. The van der Waals surface area contributed by atoms with Crippen molar-refractivity contribution in [2.45, 2.75) is 25.7 Å². The first kappa shape index (κ1) is 11.3. The lowest BCUT2D eigenvalue weighted by atomic mass is 9.88. The molecule has 2 fully saturated rings. The second kappa shape index (κ2) is 4.45. The third-order valence-electron chi connectivity index (χ3n) is 4.36. The van der Waals surface area contributed by atoms with Crippen LogP contribution < -0.4 is 5.32 Å². The second-order valence-corrected chi connectivity index (χ2v) is 5.46. The molecular formula is C15H16N2O. The van der Waals surface area contributed by atoms with Gasteiger partial charge in [-0.15, -0.1) is 0 Å². The average molecular weight is 240 g/mol. The fourth-order valence-corrected chi connectivity index (χ4v) is 3.43. The average Bonchev–Trinajstić information content (AvgIpc) is 3.02. The number of carbonyl (C=O) groups excluding carboxylic acids is 1. The Kier molecular flexibility index (Phi) is 2.79. The summed E-state index contributed by atoms with van der Waals surface area (Å²) in [5.41, 5.74) is 1.41. The highest BCUT2D eigenvalue weighted by atomic mass is 16.1. The predicted octanol–water partition coefficient (Wildman–Crippen LogP) is 2.93. The summed E-state index contributed by atoms with van der Waals surface area (Å²) >= 11 is 0. The van der Waals surface area contributed by atoms with Crippen LogP contribution >= 0.6 is 0 Å². The highest BCUT2D eigenvalue weighted by Gasteiger charge is 2.42. The molecule has 3 rings (SSSR count). The zero-order valence-corrected chi connectivity index (χ0v) is 10.2. The minimum absolute atomic E-state index is 0.159. The quantitative estimate of drug-likeness (QED) is 0.864. The summed E-state index contributed by atoms with van der Waals surface area (Å²) in [6.07, 6.45) is 4.83. The first-order chi connectivity index (χ1) is 8.76. The van der Waals surface area contributed by atoms with Crippen molar-refractivity contribution in [1.29, 1.82) is 5.26 Å². The third-order valence-corrected chi connectivity index (χ3v) is 4.36. The zero-order chi connectivity index (χ0) is 12.5. The molecule has 2 aliphatic carbocycles. The maximum atomic E-state index is 12.2. The monoisotopic (exact) mass is 240 g/mol. The molecule has 2 aliphatic rings. The number of nitrogens with zero attached hydrogens (tertiary/aromatic N) is 1. The molecule has 0 saturated heterocycles. The third kappa shape index (κ3) is 1.99. The van der Waals surface area contributed by atoms with Gasteiger partial charge in [0.15, 0.2) is 0 Å². The summed E-state index contributed by atoms with van der Waals surface area (Å²) < 4.78 is 0. The molecule has 0 heterocycles. The number of carbonyl (C=O) groups is 1. The summed E-state index contributed by atoms with van der Waals surface area (Å²) in [6.45, 7) is 0. The molecular weight excluding hydrogens is 224 g/mol. The number of hydrogen-bond acceptors (Lipinski definition) is 2. The van der Waals surface area contributed by atoms with E-state index < -0.39 is 0 Å². The molecule has 3 unspecified atom stereocenters. The van der Waals surface area contributed by atoms with E-state index in [0.29, 0.717) is 11.5 Å². The van der Waals surface area contributed by atoms with Gasteiger partial charge in [0, 0.05) is 11.6 Å². The molecule has 1 N–H and O–H groups in total. The molecule has 1 amide bonds. The Morgan fingerprint density at radius 3 is 2.56 bits per heavy atom. The summed E-state index contributed by atoms with van der Waals surface area (Å²) in [7, 11) is 0. The van der Waals surface area contributed by atoms with Gasteiger partial charge < -0.3 is 5.32 Å². The molecule has 3 heteroatoms. The molecule has 18 heavy (non-hydrogen) atoms. The lowest BCUT2D eigenvalue weighted by Gasteiger charge is -2.20. The van der Waals surface area contributed by atoms with Gasteiger partial charge in [-0.3, -0.25) is 4.79 Å². The van der Waals surface area contributed by atoms with Crippen LogP contribution in [0.1, 0.15) is 31.2 Å². The van der Waals surface area contributed by atoms with Gasteiger partial charge in [-0.25, -0.2) is 0 Å². The Balaban J connectivity index is 1.65. The van der Waals surface area contributed by atoms with Crippen LogP contribution in [-0.2, 0) is 4.79 Å². The fourth-order valence-electron chi connectivity index (χ4n) is 3.43. The van der Waals surface area contributed by atoms with Crippen LogP contribution in [0, 0.1) is 29.1 Å². The summed E-state index contributed by atoms with van der Waals surface area (Å²) in [5, 5.41) is 11.7. The predicted molar refractivity (Wildman–Crippen MR) is 68.7 cm³/mol. The van der Waals surface area contributed by atoms with Crippen LogP contribution in [0.2, 0.25) is 0 Å². The Morgan fingerprint density at radius 1 is 1.22 bits per heavy atom. The van der Waals surface area contributed by atoms with Crippen molar-refractivity contribution in [3.05, 3.63) is 29.8 Å². The zero-order valence-electron chi connectivity index (χ0n) is 10.2. The number of nitriles is 1. The van der Waals surface area contributed by atoms with Crippen molar-refractivity contribution in [1.82, 2.24) is 0 Å². The Morgan fingerprint density at radius 2 is 2.00 bits per heavy atom. The van der Waals surface area contributed by atoms with Crippen LogP contribution in [0.5, 0.6) is 0 Å². The molecule has 1 aromatic rings. The minimum atomic E-state index is 0.159. The maximum absolute atomic E-state index is 12.2.